The van der Waals surface area contributed by atoms with E-state index in [2.05, 4.69) is 4.98 Å². The van der Waals surface area contributed by atoms with Crippen molar-refractivity contribution >= 4 is 34.2 Å². The number of aromatic nitrogens is 2. The van der Waals surface area contributed by atoms with Gasteiger partial charge in [-0.2, -0.15) is 5.26 Å². The van der Waals surface area contributed by atoms with Crippen molar-refractivity contribution in [1.29, 1.82) is 5.26 Å². The van der Waals surface area contributed by atoms with Gasteiger partial charge in [-0.15, -0.1) is 0 Å². The highest BCUT2D eigenvalue weighted by Crippen LogP contribution is 2.18. The summed E-state index contributed by atoms with van der Waals surface area (Å²) in [5.41, 5.74) is 1.17. The van der Waals surface area contributed by atoms with Crippen LogP contribution in [0.15, 0.2) is 35.5 Å². The van der Waals surface area contributed by atoms with Gasteiger partial charge in [0.05, 0.1) is 28.1 Å². The number of hydrogen-bond acceptors (Lipinski definition) is 3. The molecule has 0 atom stereocenters. The number of nitriles is 1. The standard InChI is InChI=1S/C12H7ClIN3O/c13-10-3-8(4-15)1-2-9(10)6-17-7-16-5-11(14)12(17)18/h1-3,5,7H,6H2. The van der Waals surface area contributed by atoms with Gasteiger partial charge in [0.15, 0.2) is 0 Å². The van der Waals surface area contributed by atoms with E-state index in [0.29, 0.717) is 20.7 Å². The maximum absolute atomic E-state index is 11.8. The Balaban J connectivity index is 2.38. The molecule has 0 fully saturated rings. The molecule has 2 aromatic rings. The summed E-state index contributed by atoms with van der Waals surface area (Å²) in [4.78, 5) is 15.8. The second-order valence-corrected chi connectivity index (χ2v) is 5.16. The first-order valence-electron chi connectivity index (χ1n) is 5.00. The highest BCUT2D eigenvalue weighted by molar-refractivity contribution is 14.1. The molecular weight excluding hydrogens is 365 g/mol. The van der Waals surface area contributed by atoms with Gasteiger partial charge in [0.25, 0.3) is 5.56 Å². The molecule has 1 aromatic heterocycles. The van der Waals surface area contributed by atoms with Gasteiger partial charge in [-0.1, -0.05) is 17.7 Å². The molecule has 0 saturated heterocycles. The van der Waals surface area contributed by atoms with E-state index in [1.54, 1.807) is 18.2 Å². The number of benzene rings is 1. The Hall–Kier alpha value is -1.39. The van der Waals surface area contributed by atoms with Crippen LogP contribution in [0.25, 0.3) is 0 Å². The molecule has 4 nitrogen and oxygen atoms in total. The second-order valence-electron chi connectivity index (χ2n) is 3.59. The monoisotopic (exact) mass is 371 g/mol. The summed E-state index contributed by atoms with van der Waals surface area (Å²) >= 11 is 8.00. The summed E-state index contributed by atoms with van der Waals surface area (Å²) in [6, 6.07) is 7.02. The lowest BCUT2D eigenvalue weighted by atomic mass is 10.1. The van der Waals surface area contributed by atoms with Crippen molar-refractivity contribution in [1.82, 2.24) is 9.55 Å². The number of hydrogen-bond donors (Lipinski definition) is 0. The molecule has 0 bridgehead atoms. The number of nitrogens with zero attached hydrogens (tertiary/aromatic N) is 3. The summed E-state index contributed by atoms with van der Waals surface area (Å²) in [6.45, 7) is 0.340. The normalized spacial score (nSPS) is 10.1. The number of rotatable bonds is 2. The first-order chi connectivity index (χ1) is 8.61. The topological polar surface area (TPSA) is 58.7 Å². The lowest BCUT2D eigenvalue weighted by molar-refractivity contribution is 0.730. The van der Waals surface area contributed by atoms with Gasteiger partial charge < -0.3 is 0 Å². The Morgan fingerprint density at radius 3 is 2.94 bits per heavy atom. The molecule has 0 aliphatic carbocycles. The second kappa shape index (κ2) is 5.50. The summed E-state index contributed by atoms with van der Waals surface area (Å²) in [5, 5.41) is 9.22. The maximum Gasteiger partial charge on any atom is 0.267 e. The zero-order chi connectivity index (χ0) is 13.1. The van der Waals surface area contributed by atoms with Crippen LogP contribution in [0.2, 0.25) is 5.02 Å². The molecule has 2 rings (SSSR count). The highest BCUT2D eigenvalue weighted by Gasteiger charge is 2.06. The van der Waals surface area contributed by atoms with Crippen molar-refractivity contribution in [2.75, 3.05) is 0 Å². The Labute approximate surface area is 122 Å². The van der Waals surface area contributed by atoms with Crippen molar-refractivity contribution < 1.29 is 0 Å². The van der Waals surface area contributed by atoms with Gasteiger partial charge in [-0.3, -0.25) is 9.36 Å². The van der Waals surface area contributed by atoms with E-state index >= 15 is 0 Å². The molecule has 0 N–H and O–H groups in total. The van der Waals surface area contributed by atoms with E-state index in [-0.39, 0.29) is 5.56 Å². The highest BCUT2D eigenvalue weighted by atomic mass is 127. The first kappa shape index (κ1) is 13.1. The van der Waals surface area contributed by atoms with Gasteiger partial charge in [0, 0.05) is 11.2 Å². The van der Waals surface area contributed by atoms with Crippen molar-refractivity contribution in [2.24, 2.45) is 0 Å². The van der Waals surface area contributed by atoms with E-state index in [0.717, 1.165) is 5.56 Å². The molecule has 0 aliphatic rings. The van der Waals surface area contributed by atoms with Gasteiger partial charge in [-0.25, -0.2) is 4.98 Å². The third kappa shape index (κ3) is 2.71. The Morgan fingerprint density at radius 2 is 2.28 bits per heavy atom. The summed E-state index contributed by atoms with van der Waals surface area (Å²) in [7, 11) is 0. The summed E-state index contributed by atoms with van der Waals surface area (Å²) in [5.74, 6) is 0. The van der Waals surface area contributed by atoms with Gasteiger partial charge in [-0.05, 0) is 40.3 Å². The van der Waals surface area contributed by atoms with E-state index in [4.69, 9.17) is 16.9 Å². The molecule has 0 radical (unpaired) electrons. The van der Waals surface area contributed by atoms with Crippen LogP contribution < -0.4 is 5.56 Å². The summed E-state index contributed by atoms with van der Waals surface area (Å²) in [6.07, 6.45) is 2.98. The zero-order valence-corrected chi connectivity index (χ0v) is 12.0. The maximum atomic E-state index is 11.8. The van der Waals surface area contributed by atoms with Crippen LogP contribution in [-0.4, -0.2) is 9.55 Å². The Kier molecular flexibility index (Phi) is 3.99. The van der Waals surface area contributed by atoms with E-state index in [9.17, 15) is 4.79 Å². The molecule has 0 aliphatic heterocycles. The van der Waals surface area contributed by atoms with Crippen LogP contribution in [-0.2, 0) is 6.54 Å². The van der Waals surface area contributed by atoms with E-state index in [1.807, 2.05) is 28.7 Å². The predicted molar refractivity (Wildman–Crippen MR) is 76.5 cm³/mol. The van der Waals surface area contributed by atoms with Crippen molar-refractivity contribution in [3.05, 3.63) is 60.8 Å². The molecule has 0 saturated carbocycles. The van der Waals surface area contributed by atoms with Crippen LogP contribution in [0, 0.1) is 14.9 Å². The van der Waals surface area contributed by atoms with Gasteiger partial charge in [0.1, 0.15) is 0 Å². The largest absolute Gasteiger partial charge is 0.294 e. The fourth-order valence-corrected chi connectivity index (χ4v) is 2.18. The minimum Gasteiger partial charge on any atom is -0.294 e. The summed E-state index contributed by atoms with van der Waals surface area (Å²) < 4.78 is 2.04. The molecule has 6 heteroatoms. The van der Waals surface area contributed by atoms with Crippen LogP contribution in [0.4, 0.5) is 0 Å². The molecule has 1 heterocycles. The predicted octanol–water partition coefficient (Wildman–Crippen LogP) is 2.42. The smallest absolute Gasteiger partial charge is 0.267 e. The van der Waals surface area contributed by atoms with Crippen LogP contribution >= 0.6 is 34.2 Å². The fourth-order valence-electron chi connectivity index (χ4n) is 1.47. The van der Waals surface area contributed by atoms with E-state index in [1.165, 1.54) is 17.1 Å². The quantitative estimate of drug-likeness (QED) is 0.762. The fraction of sp³-hybridized carbons (Fsp3) is 0.0833. The van der Waals surface area contributed by atoms with Crippen LogP contribution in [0.3, 0.4) is 0 Å². The van der Waals surface area contributed by atoms with Crippen molar-refractivity contribution in [3.8, 4) is 6.07 Å². The first-order valence-corrected chi connectivity index (χ1v) is 6.46. The molecule has 0 amide bonds. The lowest BCUT2D eigenvalue weighted by Gasteiger charge is -2.07. The average Bonchev–Trinajstić information content (AvgIpc) is 2.37. The SMILES string of the molecule is N#Cc1ccc(Cn2cncc(I)c2=O)c(Cl)c1. The van der Waals surface area contributed by atoms with Gasteiger partial charge in [0.2, 0.25) is 0 Å². The molecule has 90 valence electrons. The van der Waals surface area contributed by atoms with E-state index < -0.39 is 0 Å². The molecule has 18 heavy (non-hydrogen) atoms. The van der Waals surface area contributed by atoms with Crippen molar-refractivity contribution in [2.45, 2.75) is 6.54 Å². The lowest BCUT2D eigenvalue weighted by Crippen LogP contribution is -2.23. The van der Waals surface area contributed by atoms with Crippen molar-refractivity contribution in [3.63, 3.8) is 0 Å². The number of halogens is 2. The molecule has 1 aromatic carbocycles. The Morgan fingerprint density at radius 1 is 1.50 bits per heavy atom. The minimum absolute atomic E-state index is 0.106. The average molecular weight is 372 g/mol. The third-order valence-electron chi connectivity index (χ3n) is 2.38. The van der Waals surface area contributed by atoms with Crippen LogP contribution in [0.1, 0.15) is 11.1 Å². The van der Waals surface area contributed by atoms with Gasteiger partial charge >= 0.3 is 0 Å². The molecule has 0 spiro atoms. The Bertz CT molecular complexity index is 690. The molecule has 0 unspecified atom stereocenters. The third-order valence-corrected chi connectivity index (χ3v) is 3.47. The minimum atomic E-state index is -0.106. The zero-order valence-electron chi connectivity index (χ0n) is 9.10. The molecular formula is C12H7ClIN3O. The van der Waals surface area contributed by atoms with Crippen LogP contribution in [0.5, 0.6) is 0 Å².